The van der Waals surface area contributed by atoms with Crippen molar-refractivity contribution in [2.75, 3.05) is 33.2 Å². The lowest BCUT2D eigenvalue weighted by Gasteiger charge is -2.49. The van der Waals surface area contributed by atoms with Gasteiger partial charge in [0.05, 0.1) is 0 Å². The van der Waals surface area contributed by atoms with Gasteiger partial charge in [0.15, 0.2) is 0 Å². The molecule has 26 heavy (non-hydrogen) atoms. The highest BCUT2D eigenvalue weighted by Gasteiger charge is 2.40. The molecule has 1 N–H and O–H groups in total. The zero-order valence-electron chi connectivity index (χ0n) is 15.3. The van der Waals surface area contributed by atoms with E-state index in [1.165, 1.54) is 10.4 Å². The van der Waals surface area contributed by atoms with Crippen molar-refractivity contribution in [3.63, 3.8) is 0 Å². The molecule has 138 valence electrons. The predicted octanol–water partition coefficient (Wildman–Crippen LogP) is 2.60. The van der Waals surface area contributed by atoms with Gasteiger partial charge in [-0.3, -0.25) is 14.6 Å². The number of carbonyl (C=O) groups is 1. The number of thiazole rings is 1. The summed E-state index contributed by atoms with van der Waals surface area (Å²) < 4.78 is 0. The molecule has 0 bridgehead atoms. The van der Waals surface area contributed by atoms with Crippen LogP contribution < -0.4 is 5.32 Å². The van der Waals surface area contributed by atoms with Gasteiger partial charge in [-0.05, 0) is 19.9 Å². The summed E-state index contributed by atoms with van der Waals surface area (Å²) in [5, 5.41) is 4.12. The van der Waals surface area contributed by atoms with Crippen molar-refractivity contribution in [2.24, 2.45) is 0 Å². The predicted molar refractivity (Wildman–Crippen MR) is 105 cm³/mol. The largest absolute Gasteiger partial charge is 0.356 e. The van der Waals surface area contributed by atoms with Crippen LogP contribution in [0.3, 0.4) is 0 Å². The number of piperazine rings is 1. The molecule has 6 heteroatoms. The van der Waals surface area contributed by atoms with E-state index in [1.807, 2.05) is 12.3 Å². The number of nitrogens with one attached hydrogen (secondary N) is 1. The number of benzene rings is 1. The van der Waals surface area contributed by atoms with Crippen molar-refractivity contribution >= 4 is 17.2 Å². The molecule has 1 spiro atoms. The lowest BCUT2D eigenvalue weighted by molar-refractivity contribution is -0.121. The van der Waals surface area contributed by atoms with E-state index >= 15 is 0 Å². The first-order chi connectivity index (χ1) is 12.6. The van der Waals surface area contributed by atoms with Gasteiger partial charge in [0.25, 0.3) is 0 Å². The van der Waals surface area contributed by atoms with Gasteiger partial charge >= 0.3 is 0 Å². The topological polar surface area (TPSA) is 48.5 Å². The second-order valence-electron chi connectivity index (χ2n) is 7.45. The molecule has 0 aliphatic carbocycles. The van der Waals surface area contributed by atoms with E-state index < -0.39 is 0 Å². The third-order valence-electron chi connectivity index (χ3n) is 5.76. The van der Waals surface area contributed by atoms with Gasteiger partial charge < -0.3 is 5.32 Å². The van der Waals surface area contributed by atoms with Crippen LogP contribution >= 0.6 is 11.3 Å². The normalized spacial score (nSPS) is 25.2. The van der Waals surface area contributed by atoms with E-state index in [9.17, 15) is 4.79 Å². The molecule has 1 aromatic heterocycles. The van der Waals surface area contributed by atoms with Crippen molar-refractivity contribution in [3.05, 3.63) is 41.4 Å². The maximum Gasteiger partial charge on any atom is 0.220 e. The van der Waals surface area contributed by atoms with Crippen LogP contribution in [-0.2, 0) is 11.3 Å². The van der Waals surface area contributed by atoms with Crippen LogP contribution in [0.15, 0.2) is 36.5 Å². The molecular weight excluding hydrogens is 344 g/mol. The van der Waals surface area contributed by atoms with Gasteiger partial charge in [0, 0.05) is 61.3 Å². The number of hydrogen-bond acceptors (Lipinski definition) is 5. The summed E-state index contributed by atoms with van der Waals surface area (Å²) in [5.41, 5.74) is 1.30. The van der Waals surface area contributed by atoms with Crippen molar-refractivity contribution in [1.82, 2.24) is 20.1 Å². The van der Waals surface area contributed by atoms with Crippen LogP contribution in [0.25, 0.3) is 10.6 Å². The summed E-state index contributed by atoms with van der Waals surface area (Å²) in [7, 11) is 2.22. The van der Waals surface area contributed by atoms with Gasteiger partial charge in [0.2, 0.25) is 5.91 Å². The SMILES string of the molecule is CN1CCN(Cc2cnc(-c3ccccc3)s2)CC12CCNC(=O)CC2. The monoisotopic (exact) mass is 370 g/mol. The summed E-state index contributed by atoms with van der Waals surface area (Å²) in [6.07, 6.45) is 4.64. The Hall–Kier alpha value is -1.76. The molecule has 1 aromatic carbocycles. The van der Waals surface area contributed by atoms with Crippen molar-refractivity contribution < 1.29 is 4.79 Å². The lowest BCUT2D eigenvalue weighted by Crippen LogP contribution is -2.60. The molecule has 2 saturated heterocycles. The van der Waals surface area contributed by atoms with Crippen LogP contribution in [0, 0.1) is 0 Å². The first-order valence-electron chi connectivity index (χ1n) is 9.35. The van der Waals surface area contributed by atoms with Gasteiger partial charge in [-0.15, -0.1) is 11.3 Å². The molecule has 5 nitrogen and oxygen atoms in total. The van der Waals surface area contributed by atoms with E-state index in [-0.39, 0.29) is 11.4 Å². The van der Waals surface area contributed by atoms with E-state index in [4.69, 9.17) is 0 Å². The third kappa shape index (κ3) is 3.68. The quantitative estimate of drug-likeness (QED) is 0.902. The third-order valence-corrected chi connectivity index (χ3v) is 6.79. The van der Waals surface area contributed by atoms with E-state index in [2.05, 4.69) is 51.4 Å². The number of amides is 1. The Kier molecular flexibility index (Phi) is 5.07. The zero-order valence-corrected chi connectivity index (χ0v) is 16.1. The second-order valence-corrected chi connectivity index (χ2v) is 8.57. The number of nitrogens with zero attached hydrogens (tertiary/aromatic N) is 3. The number of aromatic nitrogens is 1. The maximum atomic E-state index is 11.8. The Morgan fingerprint density at radius 3 is 2.92 bits per heavy atom. The van der Waals surface area contributed by atoms with Crippen molar-refractivity contribution in [3.8, 4) is 10.6 Å². The molecule has 0 radical (unpaired) electrons. The molecule has 0 saturated carbocycles. The van der Waals surface area contributed by atoms with Crippen LogP contribution in [0.1, 0.15) is 24.1 Å². The minimum absolute atomic E-state index is 0.115. The van der Waals surface area contributed by atoms with Crippen LogP contribution in [0.4, 0.5) is 0 Å². The highest BCUT2D eigenvalue weighted by atomic mass is 32.1. The molecule has 1 amide bonds. The van der Waals surface area contributed by atoms with Gasteiger partial charge in [0.1, 0.15) is 5.01 Å². The summed E-state index contributed by atoms with van der Waals surface area (Å²) in [5.74, 6) is 0.197. The fourth-order valence-electron chi connectivity index (χ4n) is 4.13. The summed E-state index contributed by atoms with van der Waals surface area (Å²) in [4.78, 5) is 22.7. The minimum Gasteiger partial charge on any atom is -0.356 e. The van der Waals surface area contributed by atoms with Gasteiger partial charge in [-0.2, -0.15) is 0 Å². The van der Waals surface area contributed by atoms with Crippen LogP contribution in [-0.4, -0.2) is 59.5 Å². The first-order valence-corrected chi connectivity index (χ1v) is 10.2. The van der Waals surface area contributed by atoms with E-state index in [1.54, 1.807) is 11.3 Å². The molecule has 3 heterocycles. The molecular formula is C20H26N4OS. The Bertz CT molecular complexity index is 762. The molecule has 1 unspecified atom stereocenters. The molecule has 2 aliphatic heterocycles. The Labute approximate surface area is 159 Å². The van der Waals surface area contributed by atoms with Crippen molar-refractivity contribution in [1.29, 1.82) is 0 Å². The smallest absolute Gasteiger partial charge is 0.220 e. The standard InChI is InChI=1S/C20H26N4OS/c1-23-11-12-24(15-20(23)8-7-18(25)21-10-9-20)14-17-13-22-19(26-17)16-5-3-2-4-6-16/h2-6,13H,7-12,14-15H2,1H3,(H,21,25). The highest BCUT2D eigenvalue weighted by molar-refractivity contribution is 7.15. The molecule has 1 atom stereocenters. The summed E-state index contributed by atoms with van der Waals surface area (Å²) in [6, 6.07) is 10.4. The number of likely N-dealkylation sites (N-methyl/N-ethyl adjacent to an activating group) is 1. The number of hydrogen-bond donors (Lipinski definition) is 1. The molecule has 2 aromatic rings. The van der Waals surface area contributed by atoms with E-state index in [0.717, 1.165) is 50.6 Å². The molecule has 2 aliphatic rings. The number of rotatable bonds is 3. The first kappa shape index (κ1) is 17.6. The van der Waals surface area contributed by atoms with Gasteiger partial charge in [-0.25, -0.2) is 4.98 Å². The van der Waals surface area contributed by atoms with Gasteiger partial charge in [-0.1, -0.05) is 30.3 Å². The maximum absolute atomic E-state index is 11.8. The lowest BCUT2D eigenvalue weighted by atomic mass is 9.86. The van der Waals surface area contributed by atoms with E-state index in [0.29, 0.717) is 6.42 Å². The Morgan fingerprint density at radius 2 is 2.08 bits per heavy atom. The second kappa shape index (κ2) is 7.47. The zero-order chi connectivity index (χ0) is 18.0. The fourth-order valence-corrected chi connectivity index (χ4v) is 5.09. The Morgan fingerprint density at radius 1 is 1.23 bits per heavy atom. The minimum atomic E-state index is 0.115. The molecule has 4 rings (SSSR count). The Balaban J connectivity index is 1.45. The highest BCUT2D eigenvalue weighted by Crippen LogP contribution is 2.32. The summed E-state index contributed by atoms with van der Waals surface area (Å²) in [6.45, 7) is 4.88. The van der Waals surface area contributed by atoms with Crippen LogP contribution in [0.2, 0.25) is 0 Å². The van der Waals surface area contributed by atoms with Crippen molar-refractivity contribution in [2.45, 2.75) is 31.3 Å². The molecule has 2 fully saturated rings. The fraction of sp³-hybridized carbons (Fsp3) is 0.500. The number of carbonyl (C=O) groups excluding carboxylic acids is 1. The summed E-state index contributed by atoms with van der Waals surface area (Å²) >= 11 is 1.79. The average molecular weight is 371 g/mol. The van der Waals surface area contributed by atoms with Crippen LogP contribution in [0.5, 0.6) is 0 Å². The average Bonchev–Trinajstić information content (AvgIpc) is 3.04.